The van der Waals surface area contributed by atoms with Crippen molar-refractivity contribution < 1.29 is 4.79 Å². The van der Waals surface area contributed by atoms with E-state index >= 15 is 0 Å². The summed E-state index contributed by atoms with van der Waals surface area (Å²) in [5, 5.41) is 3.01. The second-order valence-corrected chi connectivity index (χ2v) is 7.71. The lowest BCUT2D eigenvalue weighted by Crippen LogP contribution is -2.35. The number of likely N-dealkylation sites (tertiary alicyclic amines) is 1. The van der Waals surface area contributed by atoms with E-state index in [4.69, 9.17) is 0 Å². The second-order valence-electron chi connectivity index (χ2n) is 6.54. The Morgan fingerprint density at radius 1 is 1.32 bits per heavy atom. The monoisotopic (exact) mass is 359 g/mol. The zero-order chi connectivity index (χ0) is 17.8. The van der Waals surface area contributed by atoms with Crippen molar-refractivity contribution in [2.45, 2.75) is 39.7 Å². The van der Waals surface area contributed by atoms with Crippen LogP contribution in [0, 0.1) is 6.92 Å². The van der Waals surface area contributed by atoms with Crippen LogP contribution in [0.4, 0.5) is 0 Å². The highest BCUT2D eigenvalue weighted by atomic mass is 32.1. The van der Waals surface area contributed by atoms with Gasteiger partial charge >= 0.3 is 0 Å². The molecule has 1 aliphatic rings. The molecule has 0 spiro atoms. The lowest BCUT2D eigenvalue weighted by Gasteiger charge is -2.13. The van der Waals surface area contributed by atoms with Gasteiger partial charge in [-0.2, -0.15) is 0 Å². The Morgan fingerprint density at radius 2 is 2.08 bits per heavy atom. The summed E-state index contributed by atoms with van der Waals surface area (Å²) in [6, 6.07) is 6.09. The molecule has 3 heterocycles. The summed E-state index contributed by atoms with van der Waals surface area (Å²) in [6.45, 7) is 7.02. The molecule has 1 amide bonds. The molecule has 0 unspecified atom stereocenters. The zero-order valence-electron chi connectivity index (χ0n) is 14.9. The predicted molar refractivity (Wildman–Crippen MR) is 102 cm³/mol. The minimum Gasteiger partial charge on any atom is -0.350 e. The van der Waals surface area contributed by atoms with Gasteiger partial charge in [0.2, 0.25) is 5.91 Å². The molecule has 0 atom stereocenters. The fraction of sp³-hybridized carbons (Fsp3) is 0.474. The van der Waals surface area contributed by atoms with E-state index in [-0.39, 0.29) is 11.5 Å². The maximum absolute atomic E-state index is 12.0. The summed E-state index contributed by atoms with van der Waals surface area (Å²) < 4.78 is 0. The molecule has 2 aromatic heterocycles. The van der Waals surface area contributed by atoms with Crippen molar-refractivity contribution in [3.05, 3.63) is 44.7 Å². The number of amides is 1. The number of H-pyrrole nitrogens is 1. The molecule has 2 aromatic rings. The minimum absolute atomic E-state index is 0.00490. The van der Waals surface area contributed by atoms with Gasteiger partial charge in [0.25, 0.3) is 5.56 Å². The molecule has 134 valence electrons. The highest BCUT2D eigenvalue weighted by Gasteiger charge is 2.15. The van der Waals surface area contributed by atoms with Gasteiger partial charge in [-0.05, 0) is 57.5 Å². The standard InChI is InChI=1S/C19H25N3O2S/c1-3-14-10-16(13(2)21-19(14)24)17-7-6-15(25-17)11-20-18(23)12-22-8-4-5-9-22/h6-7,10H,3-5,8-9,11-12H2,1-2H3,(H,20,23)(H,21,24). The Bertz CT molecular complexity index is 803. The van der Waals surface area contributed by atoms with Crippen LogP contribution in [0.25, 0.3) is 10.4 Å². The number of pyridine rings is 1. The van der Waals surface area contributed by atoms with E-state index in [1.54, 1.807) is 11.3 Å². The van der Waals surface area contributed by atoms with Crippen LogP contribution in [-0.4, -0.2) is 35.4 Å². The van der Waals surface area contributed by atoms with Crippen molar-refractivity contribution in [2.24, 2.45) is 0 Å². The SMILES string of the molecule is CCc1cc(-c2ccc(CNC(=O)CN3CCCC3)s2)c(C)[nH]c1=O. The molecule has 0 aromatic carbocycles. The maximum Gasteiger partial charge on any atom is 0.251 e. The van der Waals surface area contributed by atoms with Crippen LogP contribution < -0.4 is 10.9 Å². The summed E-state index contributed by atoms with van der Waals surface area (Å²) in [5.74, 6) is 0.0883. The second kappa shape index (κ2) is 7.97. The molecule has 3 rings (SSSR count). The molecule has 5 nitrogen and oxygen atoms in total. The molecular formula is C19H25N3O2S. The summed E-state index contributed by atoms with van der Waals surface area (Å²) >= 11 is 1.66. The van der Waals surface area contributed by atoms with Gasteiger partial charge in [0.05, 0.1) is 13.1 Å². The molecule has 0 radical (unpaired) electrons. The maximum atomic E-state index is 12.0. The molecule has 0 aliphatic carbocycles. The van der Waals surface area contributed by atoms with Gasteiger partial charge < -0.3 is 10.3 Å². The number of carbonyl (C=O) groups excluding carboxylic acids is 1. The number of hydrogen-bond donors (Lipinski definition) is 2. The van der Waals surface area contributed by atoms with Gasteiger partial charge in [0, 0.05) is 26.6 Å². The molecule has 1 saturated heterocycles. The first kappa shape index (κ1) is 17.9. The molecular weight excluding hydrogens is 334 g/mol. The van der Waals surface area contributed by atoms with Crippen molar-refractivity contribution >= 4 is 17.2 Å². The van der Waals surface area contributed by atoms with Crippen molar-refractivity contribution in [2.75, 3.05) is 19.6 Å². The summed E-state index contributed by atoms with van der Waals surface area (Å²) in [4.78, 5) is 31.3. The van der Waals surface area contributed by atoms with Crippen LogP contribution in [0.3, 0.4) is 0 Å². The Kier molecular flexibility index (Phi) is 5.71. The Hall–Kier alpha value is -1.92. The largest absolute Gasteiger partial charge is 0.350 e. The van der Waals surface area contributed by atoms with E-state index < -0.39 is 0 Å². The third kappa shape index (κ3) is 4.38. The van der Waals surface area contributed by atoms with Crippen molar-refractivity contribution in [1.29, 1.82) is 0 Å². The van der Waals surface area contributed by atoms with Crippen LogP contribution in [0.5, 0.6) is 0 Å². The number of aromatic amines is 1. The molecule has 0 saturated carbocycles. The van der Waals surface area contributed by atoms with Gasteiger partial charge in [-0.25, -0.2) is 0 Å². The highest BCUT2D eigenvalue weighted by Crippen LogP contribution is 2.29. The molecule has 1 aliphatic heterocycles. The Balaban J connectivity index is 1.64. The van der Waals surface area contributed by atoms with Gasteiger partial charge in [-0.3, -0.25) is 14.5 Å². The van der Waals surface area contributed by atoms with Gasteiger partial charge in [0.15, 0.2) is 0 Å². The van der Waals surface area contributed by atoms with Crippen LogP contribution >= 0.6 is 11.3 Å². The lowest BCUT2D eigenvalue weighted by atomic mass is 10.1. The van der Waals surface area contributed by atoms with Crippen LogP contribution in [-0.2, 0) is 17.8 Å². The average Bonchev–Trinajstić information content (AvgIpc) is 3.25. The fourth-order valence-corrected chi connectivity index (χ4v) is 4.21. The Labute approximate surface area is 152 Å². The third-order valence-electron chi connectivity index (χ3n) is 4.65. The number of thiophene rings is 1. The van der Waals surface area contributed by atoms with Crippen molar-refractivity contribution in [3.8, 4) is 10.4 Å². The normalized spacial score (nSPS) is 14.8. The van der Waals surface area contributed by atoms with E-state index in [2.05, 4.69) is 21.3 Å². The lowest BCUT2D eigenvalue weighted by molar-refractivity contribution is -0.122. The third-order valence-corrected chi connectivity index (χ3v) is 5.77. The summed E-state index contributed by atoms with van der Waals surface area (Å²) in [6.07, 6.45) is 3.10. The first-order chi connectivity index (χ1) is 12.1. The number of aromatic nitrogens is 1. The van der Waals surface area contributed by atoms with Gasteiger partial charge in [0.1, 0.15) is 0 Å². The number of hydrogen-bond acceptors (Lipinski definition) is 4. The molecule has 2 N–H and O–H groups in total. The smallest absolute Gasteiger partial charge is 0.251 e. The average molecular weight is 359 g/mol. The number of rotatable bonds is 6. The number of nitrogens with one attached hydrogen (secondary N) is 2. The molecule has 6 heteroatoms. The van der Waals surface area contributed by atoms with Crippen LogP contribution in [0.2, 0.25) is 0 Å². The van der Waals surface area contributed by atoms with E-state index in [0.717, 1.165) is 39.7 Å². The number of aryl methyl sites for hydroxylation is 2. The zero-order valence-corrected chi connectivity index (χ0v) is 15.7. The van der Waals surface area contributed by atoms with E-state index in [1.165, 1.54) is 12.8 Å². The van der Waals surface area contributed by atoms with Crippen molar-refractivity contribution in [1.82, 2.24) is 15.2 Å². The van der Waals surface area contributed by atoms with E-state index in [9.17, 15) is 9.59 Å². The predicted octanol–water partition coefficient (Wildman–Crippen LogP) is 2.69. The van der Waals surface area contributed by atoms with E-state index in [1.807, 2.05) is 26.0 Å². The van der Waals surface area contributed by atoms with Crippen molar-refractivity contribution in [3.63, 3.8) is 0 Å². The van der Waals surface area contributed by atoms with Gasteiger partial charge in [-0.15, -0.1) is 11.3 Å². The van der Waals surface area contributed by atoms with Crippen LogP contribution in [0.1, 0.15) is 35.9 Å². The number of carbonyl (C=O) groups is 1. The summed E-state index contributed by atoms with van der Waals surface area (Å²) in [5.41, 5.74) is 2.74. The molecule has 25 heavy (non-hydrogen) atoms. The first-order valence-corrected chi connectivity index (χ1v) is 9.69. The minimum atomic E-state index is -0.00490. The van der Waals surface area contributed by atoms with E-state index in [0.29, 0.717) is 19.5 Å². The Morgan fingerprint density at radius 3 is 2.80 bits per heavy atom. The highest BCUT2D eigenvalue weighted by molar-refractivity contribution is 7.15. The fourth-order valence-electron chi connectivity index (χ4n) is 3.19. The summed E-state index contributed by atoms with van der Waals surface area (Å²) in [7, 11) is 0. The number of nitrogens with zero attached hydrogens (tertiary/aromatic N) is 1. The first-order valence-electron chi connectivity index (χ1n) is 8.87. The molecule has 1 fully saturated rings. The van der Waals surface area contributed by atoms with Gasteiger partial charge in [-0.1, -0.05) is 6.92 Å². The quantitative estimate of drug-likeness (QED) is 0.833. The molecule has 0 bridgehead atoms. The topological polar surface area (TPSA) is 65.2 Å². The van der Waals surface area contributed by atoms with Crippen LogP contribution in [0.15, 0.2) is 23.0 Å².